The molecule has 0 aromatic carbocycles. The average Bonchev–Trinajstić information content (AvgIpc) is 2.87. The monoisotopic (exact) mass is 290 g/mol. The van der Waals surface area contributed by atoms with Crippen molar-refractivity contribution in [2.75, 3.05) is 0 Å². The van der Waals surface area contributed by atoms with E-state index in [9.17, 15) is 0 Å². The predicted molar refractivity (Wildman–Crippen MR) is 84.2 cm³/mol. The zero-order chi connectivity index (χ0) is 14.1. The molecule has 4 heteroatoms. The molecule has 1 aromatic rings. The van der Waals surface area contributed by atoms with Crippen LogP contribution < -0.4 is 10.5 Å². The largest absolute Gasteiger partial charge is 0.474 e. The Bertz CT molecular complexity index is 521. The molecule has 0 atom stereocenters. The van der Waals surface area contributed by atoms with Gasteiger partial charge in [0.1, 0.15) is 11.1 Å². The quantitative estimate of drug-likeness (QED) is 0.869. The zero-order valence-electron chi connectivity index (χ0n) is 12.0. The molecular weight excluding hydrogens is 268 g/mol. The first-order valence-corrected chi connectivity index (χ1v) is 8.03. The summed E-state index contributed by atoms with van der Waals surface area (Å²) < 4.78 is 6.14. The minimum atomic E-state index is 0.270. The predicted octanol–water partition coefficient (Wildman–Crippen LogP) is 3.16. The minimum absolute atomic E-state index is 0.270. The summed E-state index contributed by atoms with van der Waals surface area (Å²) in [4.78, 5) is 5.09. The maximum absolute atomic E-state index is 6.14. The van der Waals surface area contributed by atoms with Crippen molar-refractivity contribution >= 4 is 17.2 Å². The van der Waals surface area contributed by atoms with Gasteiger partial charge in [0, 0.05) is 5.69 Å². The summed E-state index contributed by atoms with van der Waals surface area (Å²) in [5, 5.41) is 0. The third kappa shape index (κ3) is 2.80. The lowest BCUT2D eigenvalue weighted by atomic mass is 9.89. The number of thiocarbonyl (C=S) groups is 1. The van der Waals surface area contributed by atoms with Crippen molar-refractivity contribution < 1.29 is 4.74 Å². The molecule has 1 fully saturated rings. The SMILES string of the molecule is CC1CCC(Oc2nc3c(cc2C(N)=S)CCC3)CC1. The number of hydrogen-bond donors (Lipinski definition) is 1. The Labute approximate surface area is 125 Å². The summed E-state index contributed by atoms with van der Waals surface area (Å²) >= 11 is 5.16. The van der Waals surface area contributed by atoms with Crippen LogP contribution in [0.5, 0.6) is 5.88 Å². The number of aromatic nitrogens is 1. The molecule has 2 N–H and O–H groups in total. The molecule has 1 saturated carbocycles. The van der Waals surface area contributed by atoms with E-state index in [4.69, 9.17) is 27.7 Å². The van der Waals surface area contributed by atoms with Crippen LogP contribution in [0.4, 0.5) is 0 Å². The zero-order valence-corrected chi connectivity index (χ0v) is 12.8. The third-order valence-corrected chi connectivity index (χ3v) is 4.74. The van der Waals surface area contributed by atoms with Gasteiger partial charge >= 0.3 is 0 Å². The van der Waals surface area contributed by atoms with Crippen molar-refractivity contribution in [1.29, 1.82) is 0 Å². The number of hydrogen-bond acceptors (Lipinski definition) is 3. The molecule has 0 unspecified atom stereocenters. The summed E-state index contributed by atoms with van der Waals surface area (Å²) in [6.07, 6.45) is 8.25. The highest BCUT2D eigenvalue weighted by Gasteiger charge is 2.23. The van der Waals surface area contributed by atoms with Gasteiger partial charge in [0.25, 0.3) is 0 Å². The maximum Gasteiger partial charge on any atom is 0.224 e. The highest BCUT2D eigenvalue weighted by Crippen LogP contribution is 2.31. The summed E-state index contributed by atoms with van der Waals surface area (Å²) in [6.45, 7) is 2.31. The van der Waals surface area contributed by atoms with Gasteiger partial charge in [-0.2, -0.15) is 0 Å². The summed E-state index contributed by atoms with van der Waals surface area (Å²) in [7, 11) is 0. The number of nitrogens with zero attached hydrogens (tertiary/aromatic N) is 1. The molecule has 0 bridgehead atoms. The van der Waals surface area contributed by atoms with Crippen LogP contribution in [0.2, 0.25) is 0 Å². The van der Waals surface area contributed by atoms with Crippen molar-refractivity contribution in [3.63, 3.8) is 0 Å². The Kier molecular flexibility index (Phi) is 3.92. The van der Waals surface area contributed by atoms with Crippen molar-refractivity contribution in [2.24, 2.45) is 11.7 Å². The first-order chi connectivity index (χ1) is 9.63. The van der Waals surface area contributed by atoms with E-state index in [1.807, 2.05) is 0 Å². The molecule has 2 aliphatic carbocycles. The van der Waals surface area contributed by atoms with Crippen molar-refractivity contribution in [3.05, 3.63) is 22.9 Å². The summed E-state index contributed by atoms with van der Waals surface area (Å²) in [5.41, 5.74) is 9.13. The summed E-state index contributed by atoms with van der Waals surface area (Å²) in [5.74, 6) is 1.48. The second kappa shape index (κ2) is 5.68. The van der Waals surface area contributed by atoms with Gasteiger partial charge in [-0.15, -0.1) is 0 Å². The molecule has 0 radical (unpaired) electrons. The molecule has 0 saturated heterocycles. The fourth-order valence-electron chi connectivity index (χ4n) is 3.22. The molecule has 0 amide bonds. The van der Waals surface area contributed by atoms with Gasteiger partial charge in [-0.3, -0.25) is 0 Å². The van der Waals surface area contributed by atoms with Gasteiger partial charge < -0.3 is 10.5 Å². The van der Waals surface area contributed by atoms with Crippen LogP contribution in [-0.4, -0.2) is 16.1 Å². The van der Waals surface area contributed by atoms with Crippen LogP contribution in [0.3, 0.4) is 0 Å². The van der Waals surface area contributed by atoms with Crippen molar-refractivity contribution in [1.82, 2.24) is 4.98 Å². The number of fused-ring (bicyclic) bond motifs is 1. The number of ether oxygens (including phenoxy) is 1. The third-order valence-electron chi connectivity index (χ3n) is 4.52. The summed E-state index contributed by atoms with van der Waals surface area (Å²) in [6, 6.07) is 2.10. The van der Waals surface area contributed by atoms with Gasteiger partial charge in [-0.25, -0.2) is 4.98 Å². The van der Waals surface area contributed by atoms with E-state index in [-0.39, 0.29) is 6.10 Å². The van der Waals surface area contributed by atoms with E-state index in [1.165, 1.54) is 30.5 Å². The van der Waals surface area contributed by atoms with Crippen LogP contribution in [0.25, 0.3) is 0 Å². The van der Waals surface area contributed by atoms with Crippen molar-refractivity contribution in [3.8, 4) is 5.88 Å². The highest BCUT2D eigenvalue weighted by molar-refractivity contribution is 7.80. The number of rotatable bonds is 3. The van der Waals surface area contributed by atoms with Crippen LogP contribution in [0.1, 0.15) is 55.8 Å². The molecular formula is C16H22N2OS. The maximum atomic E-state index is 6.14. The van der Waals surface area contributed by atoms with Gasteiger partial charge in [-0.05, 0) is 62.5 Å². The van der Waals surface area contributed by atoms with E-state index < -0.39 is 0 Å². The fourth-order valence-corrected chi connectivity index (χ4v) is 3.37. The van der Waals surface area contributed by atoms with E-state index >= 15 is 0 Å². The molecule has 1 aromatic heterocycles. The van der Waals surface area contributed by atoms with E-state index in [1.54, 1.807) is 0 Å². The fraction of sp³-hybridized carbons (Fsp3) is 0.625. The highest BCUT2D eigenvalue weighted by atomic mass is 32.1. The molecule has 0 aliphatic heterocycles. The first-order valence-electron chi connectivity index (χ1n) is 7.62. The first kappa shape index (κ1) is 13.8. The molecule has 108 valence electrons. The van der Waals surface area contributed by atoms with Gasteiger partial charge in [0.05, 0.1) is 5.56 Å². The second-order valence-corrected chi connectivity index (χ2v) is 6.60. The average molecular weight is 290 g/mol. The molecule has 2 aliphatic rings. The Morgan fingerprint density at radius 1 is 1.30 bits per heavy atom. The Hall–Kier alpha value is -1.16. The Balaban J connectivity index is 1.82. The van der Waals surface area contributed by atoms with E-state index in [0.717, 1.165) is 37.2 Å². The molecule has 0 spiro atoms. The molecule has 20 heavy (non-hydrogen) atoms. The van der Waals surface area contributed by atoms with Crippen LogP contribution in [0.15, 0.2) is 6.07 Å². The lowest BCUT2D eigenvalue weighted by molar-refractivity contribution is 0.129. The molecule has 3 nitrogen and oxygen atoms in total. The van der Waals surface area contributed by atoms with Crippen LogP contribution in [-0.2, 0) is 12.8 Å². The normalized spacial score (nSPS) is 25.2. The van der Waals surface area contributed by atoms with Crippen molar-refractivity contribution in [2.45, 2.75) is 58.0 Å². The van der Waals surface area contributed by atoms with Crippen LogP contribution >= 0.6 is 12.2 Å². The van der Waals surface area contributed by atoms with E-state index in [2.05, 4.69) is 13.0 Å². The number of pyridine rings is 1. The Morgan fingerprint density at radius 2 is 2.05 bits per heavy atom. The lowest BCUT2D eigenvalue weighted by Gasteiger charge is -2.27. The van der Waals surface area contributed by atoms with Gasteiger partial charge in [0.2, 0.25) is 5.88 Å². The Morgan fingerprint density at radius 3 is 2.75 bits per heavy atom. The van der Waals surface area contributed by atoms with Crippen LogP contribution in [0, 0.1) is 5.92 Å². The smallest absolute Gasteiger partial charge is 0.224 e. The minimum Gasteiger partial charge on any atom is -0.474 e. The van der Waals surface area contributed by atoms with E-state index in [0.29, 0.717) is 10.9 Å². The standard InChI is InChI=1S/C16H22N2OS/c1-10-5-7-12(8-6-10)19-16-13(15(17)20)9-11-3-2-4-14(11)18-16/h9-10,12H,2-8H2,1H3,(H2,17,20). The second-order valence-electron chi connectivity index (χ2n) is 6.16. The molecule has 1 heterocycles. The number of aryl methyl sites for hydroxylation is 2. The number of nitrogens with two attached hydrogens (primary N) is 1. The lowest BCUT2D eigenvalue weighted by Crippen LogP contribution is -2.25. The van der Waals surface area contributed by atoms with Gasteiger partial charge in [0.15, 0.2) is 0 Å². The topological polar surface area (TPSA) is 48.1 Å². The van der Waals surface area contributed by atoms with Gasteiger partial charge in [-0.1, -0.05) is 19.1 Å². The molecule has 3 rings (SSSR count).